The van der Waals surface area contributed by atoms with Crippen LogP contribution in [0.4, 0.5) is 11.4 Å². The van der Waals surface area contributed by atoms with Crippen LogP contribution in [0.2, 0.25) is 0 Å². The van der Waals surface area contributed by atoms with Gasteiger partial charge in [-0.25, -0.2) is 4.79 Å². The number of benzene rings is 1. The van der Waals surface area contributed by atoms with Crippen LogP contribution in [0.5, 0.6) is 5.75 Å². The lowest BCUT2D eigenvalue weighted by Gasteiger charge is -2.11. The molecule has 0 bridgehead atoms. The number of nitrogens with zero attached hydrogens (tertiary/aromatic N) is 2. The van der Waals surface area contributed by atoms with Crippen LogP contribution in [0.15, 0.2) is 12.1 Å². The van der Waals surface area contributed by atoms with E-state index in [0.29, 0.717) is 28.1 Å². The minimum Gasteiger partial charge on any atom is -0.490 e. The Morgan fingerprint density at radius 2 is 1.79 bits per heavy atom. The van der Waals surface area contributed by atoms with Crippen LogP contribution in [-0.4, -0.2) is 66.7 Å². The van der Waals surface area contributed by atoms with Gasteiger partial charge in [-0.2, -0.15) is 0 Å². The molecular formula is C22H28N4O8. The summed E-state index contributed by atoms with van der Waals surface area (Å²) in [6.45, 7) is 5.68. The number of aromatic amines is 1. The summed E-state index contributed by atoms with van der Waals surface area (Å²) in [5.74, 6) is -1.60. The topological polar surface area (TPSA) is 161 Å². The van der Waals surface area contributed by atoms with Crippen LogP contribution in [-0.2, 0) is 14.3 Å². The van der Waals surface area contributed by atoms with Gasteiger partial charge in [0.2, 0.25) is 6.41 Å². The van der Waals surface area contributed by atoms with Crippen molar-refractivity contribution in [3.63, 3.8) is 0 Å². The van der Waals surface area contributed by atoms with E-state index in [0.717, 1.165) is 6.41 Å². The number of Topliss-reactive ketones (excluding diaryl/α,β-unsaturated/α-hetero) is 1. The second-order valence-corrected chi connectivity index (χ2v) is 7.47. The van der Waals surface area contributed by atoms with Gasteiger partial charge in [-0.05, 0) is 38.8 Å². The summed E-state index contributed by atoms with van der Waals surface area (Å²) in [5.41, 5.74) is 2.02. The lowest BCUT2D eigenvalue weighted by molar-refractivity contribution is -0.385. The number of carbonyl (C=O) groups excluding carboxylic acids is 4. The van der Waals surface area contributed by atoms with Crippen molar-refractivity contribution in [2.45, 2.75) is 27.7 Å². The van der Waals surface area contributed by atoms with Crippen molar-refractivity contribution in [3.05, 3.63) is 50.3 Å². The summed E-state index contributed by atoms with van der Waals surface area (Å²) < 4.78 is 9.99. The zero-order valence-electron chi connectivity index (χ0n) is 20.1. The SMILES string of the molecule is CN(C)C=O.COc1cc(NC(=O)COC(=O)c2[nH]c(C)c(C(C)=O)c2C)c(C)cc1[N+](=O)[O-]. The van der Waals surface area contributed by atoms with Crippen LogP contribution in [0.1, 0.15) is 44.6 Å². The largest absolute Gasteiger partial charge is 0.490 e. The molecule has 0 aliphatic heterocycles. The van der Waals surface area contributed by atoms with E-state index in [1.807, 2.05) is 0 Å². The van der Waals surface area contributed by atoms with Gasteiger partial charge in [-0.3, -0.25) is 24.5 Å². The zero-order chi connectivity index (χ0) is 26.2. The molecule has 2 aromatic rings. The molecule has 0 fully saturated rings. The standard InChI is InChI=1S/C19H21N3O7.C3H7NO/c1-9-6-14(22(26)27)15(28-5)7-13(9)21-16(24)8-29-19(25)18-10(2)17(12(4)23)11(3)20-18;1-4(2)3-5/h6-7,20H,8H2,1-5H3,(H,21,24);3H,1-2H3. The molecule has 0 aliphatic rings. The lowest BCUT2D eigenvalue weighted by Crippen LogP contribution is -2.22. The van der Waals surface area contributed by atoms with E-state index in [1.165, 1.54) is 31.1 Å². The highest BCUT2D eigenvalue weighted by molar-refractivity contribution is 6.02. The fourth-order valence-corrected chi connectivity index (χ4v) is 2.99. The van der Waals surface area contributed by atoms with Crippen LogP contribution in [0.3, 0.4) is 0 Å². The number of ketones is 1. The van der Waals surface area contributed by atoms with Gasteiger partial charge in [0.05, 0.1) is 12.0 Å². The third kappa shape index (κ3) is 7.15. The van der Waals surface area contributed by atoms with Crippen molar-refractivity contribution < 1.29 is 33.6 Å². The van der Waals surface area contributed by atoms with E-state index in [4.69, 9.17) is 9.47 Å². The number of ether oxygens (including phenoxy) is 2. The molecular weight excluding hydrogens is 448 g/mol. The normalized spacial score (nSPS) is 9.85. The summed E-state index contributed by atoms with van der Waals surface area (Å²) in [6.07, 6.45) is 0.750. The predicted octanol–water partition coefficient (Wildman–Crippen LogP) is 2.56. The van der Waals surface area contributed by atoms with E-state index in [9.17, 15) is 29.3 Å². The van der Waals surface area contributed by atoms with Crippen molar-refractivity contribution in [1.82, 2.24) is 9.88 Å². The van der Waals surface area contributed by atoms with E-state index >= 15 is 0 Å². The molecule has 12 heteroatoms. The molecule has 184 valence electrons. The van der Waals surface area contributed by atoms with Crippen LogP contribution < -0.4 is 10.1 Å². The Morgan fingerprint density at radius 1 is 1.21 bits per heavy atom. The first-order valence-electron chi connectivity index (χ1n) is 9.95. The highest BCUT2D eigenvalue weighted by Crippen LogP contribution is 2.32. The third-order valence-electron chi connectivity index (χ3n) is 4.54. The Labute approximate surface area is 196 Å². The highest BCUT2D eigenvalue weighted by atomic mass is 16.6. The predicted molar refractivity (Wildman–Crippen MR) is 123 cm³/mol. The molecule has 0 atom stereocenters. The van der Waals surface area contributed by atoms with Crippen LogP contribution >= 0.6 is 0 Å². The summed E-state index contributed by atoms with van der Waals surface area (Å²) in [4.78, 5) is 60.2. The molecule has 0 aliphatic carbocycles. The van der Waals surface area contributed by atoms with E-state index in [1.54, 1.807) is 34.9 Å². The Balaban J connectivity index is 0.00000104. The van der Waals surface area contributed by atoms with Crippen molar-refractivity contribution in [1.29, 1.82) is 0 Å². The zero-order valence-corrected chi connectivity index (χ0v) is 20.1. The molecule has 12 nitrogen and oxygen atoms in total. The number of hydrogen-bond donors (Lipinski definition) is 2. The number of aryl methyl sites for hydroxylation is 2. The number of anilines is 1. The number of aromatic nitrogens is 1. The summed E-state index contributed by atoms with van der Waals surface area (Å²) in [6, 6.07) is 2.60. The maximum absolute atomic E-state index is 12.3. The quantitative estimate of drug-likeness (QED) is 0.193. The Kier molecular flexibility index (Phi) is 9.93. The number of nitro benzene ring substituents is 1. The average Bonchev–Trinajstić information content (AvgIpc) is 3.07. The molecule has 34 heavy (non-hydrogen) atoms. The van der Waals surface area contributed by atoms with Gasteiger partial charge < -0.3 is 24.7 Å². The van der Waals surface area contributed by atoms with Crippen LogP contribution in [0, 0.1) is 30.9 Å². The van der Waals surface area contributed by atoms with Gasteiger partial charge in [0, 0.05) is 43.2 Å². The van der Waals surface area contributed by atoms with Gasteiger partial charge in [0.15, 0.2) is 18.1 Å². The molecule has 0 radical (unpaired) electrons. The molecule has 0 unspecified atom stereocenters. The Morgan fingerprint density at radius 3 is 2.24 bits per heavy atom. The third-order valence-corrected chi connectivity index (χ3v) is 4.54. The first-order valence-corrected chi connectivity index (χ1v) is 9.95. The molecule has 2 amide bonds. The highest BCUT2D eigenvalue weighted by Gasteiger charge is 2.22. The van der Waals surface area contributed by atoms with E-state index in [2.05, 4.69) is 10.3 Å². The second kappa shape index (κ2) is 12.1. The van der Waals surface area contributed by atoms with E-state index < -0.39 is 23.4 Å². The monoisotopic (exact) mass is 476 g/mol. The smallest absolute Gasteiger partial charge is 0.355 e. The number of nitrogens with one attached hydrogen (secondary N) is 2. The maximum atomic E-state index is 12.3. The van der Waals surface area contributed by atoms with Crippen molar-refractivity contribution in [2.24, 2.45) is 0 Å². The van der Waals surface area contributed by atoms with Gasteiger partial charge in [0.1, 0.15) is 5.69 Å². The number of amides is 2. The second-order valence-electron chi connectivity index (χ2n) is 7.47. The molecule has 0 saturated heterocycles. The summed E-state index contributed by atoms with van der Waals surface area (Å²) in [7, 11) is 4.65. The van der Waals surface area contributed by atoms with Gasteiger partial charge in [-0.1, -0.05) is 0 Å². The molecule has 1 aromatic heterocycles. The van der Waals surface area contributed by atoms with Crippen molar-refractivity contribution in [2.75, 3.05) is 33.1 Å². The number of methoxy groups -OCH3 is 1. The van der Waals surface area contributed by atoms with Gasteiger partial charge >= 0.3 is 11.7 Å². The first-order chi connectivity index (χ1) is 15.8. The Bertz CT molecular complexity index is 1100. The van der Waals surface area contributed by atoms with Crippen molar-refractivity contribution >= 4 is 35.4 Å². The Hall–Kier alpha value is -4.22. The number of rotatable bonds is 8. The molecule has 1 heterocycles. The number of nitro groups is 1. The molecule has 0 spiro atoms. The number of hydrogen-bond acceptors (Lipinski definition) is 8. The molecule has 2 N–H and O–H groups in total. The number of H-pyrrole nitrogens is 1. The minimum atomic E-state index is -0.772. The average molecular weight is 476 g/mol. The summed E-state index contributed by atoms with van der Waals surface area (Å²) in [5, 5.41) is 13.6. The minimum absolute atomic E-state index is 0.0119. The van der Waals surface area contributed by atoms with Crippen LogP contribution in [0.25, 0.3) is 0 Å². The van der Waals surface area contributed by atoms with Crippen molar-refractivity contribution in [3.8, 4) is 5.75 Å². The van der Waals surface area contributed by atoms with Gasteiger partial charge in [0.25, 0.3) is 5.91 Å². The molecule has 1 aromatic carbocycles. The first kappa shape index (κ1) is 27.8. The molecule has 0 saturated carbocycles. The molecule has 2 rings (SSSR count). The number of esters is 1. The summed E-state index contributed by atoms with van der Waals surface area (Å²) >= 11 is 0. The fourth-order valence-electron chi connectivity index (χ4n) is 2.99. The fraction of sp³-hybridized carbons (Fsp3) is 0.364. The number of carbonyl (C=O) groups is 4. The maximum Gasteiger partial charge on any atom is 0.355 e. The van der Waals surface area contributed by atoms with Gasteiger partial charge in [-0.15, -0.1) is 0 Å². The lowest BCUT2D eigenvalue weighted by atomic mass is 10.1. The van der Waals surface area contributed by atoms with E-state index in [-0.39, 0.29) is 22.9 Å².